The number of hydrogen-bond donors (Lipinski definition) is 1. The van der Waals surface area contributed by atoms with Gasteiger partial charge in [-0.15, -0.1) is 0 Å². The van der Waals surface area contributed by atoms with Crippen molar-refractivity contribution in [3.05, 3.63) is 58.9 Å². The van der Waals surface area contributed by atoms with Gasteiger partial charge in [-0.25, -0.2) is 12.8 Å². The second kappa shape index (κ2) is 8.59. The molecular formula is C20H22ClFN2O3S. The number of hydrogen-bond acceptors (Lipinski definition) is 3. The number of rotatable bonds is 5. The average molecular weight is 425 g/mol. The lowest BCUT2D eigenvalue weighted by atomic mass is 10.0. The van der Waals surface area contributed by atoms with Crippen molar-refractivity contribution in [3.8, 4) is 0 Å². The number of anilines is 1. The van der Waals surface area contributed by atoms with E-state index in [-0.39, 0.29) is 17.2 Å². The van der Waals surface area contributed by atoms with Crippen molar-refractivity contribution < 1.29 is 17.6 Å². The minimum atomic E-state index is -3.80. The van der Waals surface area contributed by atoms with Crippen LogP contribution in [0, 0.1) is 12.7 Å². The van der Waals surface area contributed by atoms with Gasteiger partial charge in [-0.3, -0.25) is 4.79 Å². The van der Waals surface area contributed by atoms with Gasteiger partial charge in [-0.1, -0.05) is 24.1 Å². The van der Waals surface area contributed by atoms with Crippen LogP contribution in [0.25, 0.3) is 0 Å². The third-order valence-corrected chi connectivity index (χ3v) is 7.33. The molecular weight excluding hydrogens is 403 g/mol. The largest absolute Gasteiger partial charge is 0.326 e. The Kier molecular flexibility index (Phi) is 6.37. The highest BCUT2D eigenvalue weighted by molar-refractivity contribution is 7.89. The summed E-state index contributed by atoms with van der Waals surface area (Å²) in [7, 11) is -3.80. The van der Waals surface area contributed by atoms with Crippen molar-refractivity contribution in [2.24, 2.45) is 0 Å². The lowest BCUT2D eigenvalue weighted by Gasteiger charge is -2.34. The normalized spacial score (nSPS) is 18.0. The number of piperidine rings is 1. The van der Waals surface area contributed by atoms with Crippen LogP contribution in [0.1, 0.15) is 31.2 Å². The highest BCUT2D eigenvalue weighted by atomic mass is 35.5. The number of sulfonamides is 1. The van der Waals surface area contributed by atoms with Gasteiger partial charge in [-0.05, 0) is 61.7 Å². The third kappa shape index (κ3) is 4.54. The quantitative estimate of drug-likeness (QED) is 0.775. The molecule has 0 bridgehead atoms. The van der Waals surface area contributed by atoms with E-state index in [0.29, 0.717) is 23.7 Å². The lowest BCUT2D eigenvalue weighted by Crippen LogP contribution is -2.45. The van der Waals surface area contributed by atoms with E-state index in [1.165, 1.54) is 16.4 Å². The molecule has 1 fully saturated rings. The molecule has 0 aliphatic carbocycles. The molecule has 1 N–H and O–H groups in total. The van der Waals surface area contributed by atoms with Crippen molar-refractivity contribution in [3.63, 3.8) is 0 Å². The first kappa shape index (κ1) is 20.8. The first-order valence-electron chi connectivity index (χ1n) is 9.11. The second-order valence-corrected chi connectivity index (χ2v) is 9.18. The van der Waals surface area contributed by atoms with Crippen LogP contribution >= 0.6 is 11.6 Å². The second-order valence-electron chi connectivity index (χ2n) is 6.88. The van der Waals surface area contributed by atoms with Crippen LogP contribution in [0.15, 0.2) is 47.4 Å². The Labute approximate surface area is 169 Å². The molecule has 3 rings (SSSR count). The molecule has 0 aromatic heterocycles. The zero-order valence-corrected chi connectivity index (χ0v) is 17.1. The molecule has 1 heterocycles. The first-order valence-corrected chi connectivity index (χ1v) is 10.9. The fourth-order valence-corrected chi connectivity index (χ4v) is 5.26. The smallest absolute Gasteiger partial charge is 0.243 e. The van der Waals surface area contributed by atoms with Crippen LogP contribution in [0.4, 0.5) is 10.1 Å². The maximum atomic E-state index is 13.2. The fraction of sp³-hybridized carbons (Fsp3) is 0.350. The molecule has 2 aromatic rings. The van der Waals surface area contributed by atoms with Crippen LogP contribution in [0.3, 0.4) is 0 Å². The molecule has 0 saturated carbocycles. The fourth-order valence-electron chi connectivity index (χ4n) is 3.39. The van der Waals surface area contributed by atoms with Gasteiger partial charge in [0.2, 0.25) is 15.9 Å². The predicted molar refractivity (Wildman–Crippen MR) is 107 cm³/mol. The number of nitrogens with zero attached hydrogens (tertiary/aromatic N) is 1. The van der Waals surface area contributed by atoms with Gasteiger partial charge in [0.15, 0.2) is 0 Å². The highest BCUT2D eigenvalue weighted by Crippen LogP contribution is 2.28. The summed E-state index contributed by atoms with van der Waals surface area (Å²) in [5.74, 6) is -0.762. The van der Waals surface area contributed by atoms with Crippen molar-refractivity contribution in [2.75, 3.05) is 11.9 Å². The summed E-state index contributed by atoms with van der Waals surface area (Å²) in [6.45, 7) is 2.15. The zero-order chi connectivity index (χ0) is 20.3. The van der Waals surface area contributed by atoms with E-state index in [4.69, 9.17) is 11.6 Å². The van der Waals surface area contributed by atoms with Gasteiger partial charge < -0.3 is 5.32 Å². The summed E-state index contributed by atoms with van der Waals surface area (Å²) in [6, 6.07) is 9.57. The summed E-state index contributed by atoms with van der Waals surface area (Å²) in [5, 5.41) is 3.37. The van der Waals surface area contributed by atoms with Crippen molar-refractivity contribution >= 4 is 33.2 Å². The SMILES string of the molecule is Cc1c(Cl)cccc1NC(=O)C[C@@H]1CCCCN1S(=O)(=O)c1ccc(F)cc1. The molecule has 1 saturated heterocycles. The van der Waals surface area contributed by atoms with E-state index in [1.54, 1.807) is 18.2 Å². The van der Waals surface area contributed by atoms with Crippen molar-refractivity contribution in [1.82, 2.24) is 4.31 Å². The van der Waals surface area contributed by atoms with Crippen LogP contribution < -0.4 is 5.32 Å². The van der Waals surface area contributed by atoms with Crippen LogP contribution in [0.2, 0.25) is 5.02 Å². The van der Waals surface area contributed by atoms with Crippen LogP contribution in [-0.4, -0.2) is 31.2 Å². The Bertz CT molecular complexity index is 964. The number of nitrogens with one attached hydrogen (secondary N) is 1. The van der Waals surface area contributed by atoms with Gasteiger partial charge in [-0.2, -0.15) is 4.31 Å². The summed E-state index contributed by atoms with van der Waals surface area (Å²) in [4.78, 5) is 12.6. The highest BCUT2D eigenvalue weighted by Gasteiger charge is 2.34. The third-order valence-electron chi connectivity index (χ3n) is 4.96. The summed E-state index contributed by atoms with van der Waals surface area (Å²) < 4.78 is 40.5. The topological polar surface area (TPSA) is 66.5 Å². The molecule has 8 heteroatoms. The van der Waals surface area contributed by atoms with Gasteiger partial charge in [0.1, 0.15) is 5.82 Å². The number of benzene rings is 2. The van der Waals surface area contributed by atoms with Gasteiger partial charge in [0.05, 0.1) is 4.90 Å². The van der Waals surface area contributed by atoms with E-state index >= 15 is 0 Å². The Morgan fingerprint density at radius 1 is 1.21 bits per heavy atom. The summed E-state index contributed by atoms with van der Waals surface area (Å²) in [5.41, 5.74) is 1.37. The molecule has 1 aliphatic heterocycles. The Morgan fingerprint density at radius 3 is 2.64 bits per heavy atom. The number of amides is 1. The van der Waals surface area contributed by atoms with E-state index in [0.717, 1.165) is 30.5 Å². The molecule has 1 atom stereocenters. The molecule has 0 radical (unpaired) electrons. The van der Waals surface area contributed by atoms with Crippen LogP contribution in [0.5, 0.6) is 0 Å². The number of halogens is 2. The molecule has 1 amide bonds. The maximum Gasteiger partial charge on any atom is 0.243 e. The van der Waals surface area contributed by atoms with E-state index in [1.807, 2.05) is 6.92 Å². The molecule has 2 aromatic carbocycles. The molecule has 1 aliphatic rings. The molecule has 150 valence electrons. The number of carbonyl (C=O) groups excluding carboxylic acids is 1. The zero-order valence-electron chi connectivity index (χ0n) is 15.5. The standard InChI is InChI=1S/C20H22ClFN2O3S/c1-14-18(21)6-4-7-19(14)23-20(25)13-16-5-2-3-12-24(16)28(26,27)17-10-8-15(22)9-11-17/h4,6-11,16H,2-3,5,12-13H2,1H3,(H,23,25)/t16-/m0/s1. The van der Waals surface area contributed by atoms with E-state index in [2.05, 4.69) is 5.32 Å². The number of carbonyl (C=O) groups is 1. The molecule has 0 spiro atoms. The monoisotopic (exact) mass is 424 g/mol. The van der Waals surface area contributed by atoms with Crippen LogP contribution in [-0.2, 0) is 14.8 Å². The summed E-state index contributed by atoms with van der Waals surface area (Å²) >= 11 is 6.09. The lowest BCUT2D eigenvalue weighted by molar-refractivity contribution is -0.117. The van der Waals surface area contributed by atoms with E-state index in [9.17, 15) is 17.6 Å². The Balaban J connectivity index is 1.77. The maximum absolute atomic E-state index is 13.2. The van der Waals surface area contributed by atoms with Crippen molar-refractivity contribution in [2.45, 2.75) is 43.5 Å². The van der Waals surface area contributed by atoms with Gasteiger partial charge in [0.25, 0.3) is 0 Å². The molecule has 28 heavy (non-hydrogen) atoms. The van der Waals surface area contributed by atoms with Gasteiger partial charge in [0, 0.05) is 29.7 Å². The van der Waals surface area contributed by atoms with E-state index < -0.39 is 21.9 Å². The first-order chi connectivity index (χ1) is 13.3. The minimum absolute atomic E-state index is 0.0342. The minimum Gasteiger partial charge on any atom is -0.326 e. The Hall–Kier alpha value is -1.96. The van der Waals surface area contributed by atoms with Crippen molar-refractivity contribution in [1.29, 1.82) is 0 Å². The Morgan fingerprint density at radius 2 is 1.93 bits per heavy atom. The molecule has 5 nitrogen and oxygen atoms in total. The van der Waals surface area contributed by atoms with Gasteiger partial charge >= 0.3 is 0 Å². The predicted octanol–water partition coefficient (Wildman–Crippen LogP) is 4.36. The average Bonchev–Trinajstić information content (AvgIpc) is 2.66. The molecule has 0 unspecified atom stereocenters. The summed E-state index contributed by atoms with van der Waals surface area (Å²) in [6.07, 6.45) is 2.23.